The summed E-state index contributed by atoms with van der Waals surface area (Å²) < 4.78 is 7.17. The number of hydrogen-bond donors (Lipinski definition) is 1. The van der Waals surface area contributed by atoms with Crippen LogP contribution >= 0.6 is 0 Å². The Kier molecular flexibility index (Phi) is 5.08. The van der Waals surface area contributed by atoms with Gasteiger partial charge in [0, 0.05) is 50.3 Å². The first-order valence-electron chi connectivity index (χ1n) is 10.6. The normalized spacial score (nSPS) is 17.8. The number of carbonyl (C=O) groups is 1. The third-order valence-corrected chi connectivity index (χ3v) is 6.27. The first-order valence-corrected chi connectivity index (χ1v) is 10.6. The maximum Gasteiger partial charge on any atom is 0.274 e. The van der Waals surface area contributed by atoms with Gasteiger partial charge in [-0.15, -0.1) is 0 Å². The molecule has 0 atom stereocenters. The Morgan fingerprint density at radius 2 is 2.00 bits per heavy atom. The van der Waals surface area contributed by atoms with Gasteiger partial charge >= 0.3 is 0 Å². The minimum atomic E-state index is -0.0600. The van der Waals surface area contributed by atoms with Crippen LogP contribution in [0, 0.1) is 0 Å². The number of H-pyrrole nitrogens is 1. The van der Waals surface area contributed by atoms with Crippen LogP contribution < -0.4 is 0 Å². The molecule has 1 saturated heterocycles. The van der Waals surface area contributed by atoms with Gasteiger partial charge in [-0.1, -0.05) is 6.42 Å². The van der Waals surface area contributed by atoms with Crippen LogP contribution in [0.15, 0.2) is 36.8 Å². The minimum Gasteiger partial charge on any atom is -0.381 e. The van der Waals surface area contributed by atoms with E-state index in [-0.39, 0.29) is 12.0 Å². The molecule has 8 nitrogen and oxygen atoms in total. The van der Waals surface area contributed by atoms with E-state index in [1.165, 1.54) is 19.3 Å². The molecule has 0 aromatic carbocycles. The zero-order valence-corrected chi connectivity index (χ0v) is 17.1. The number of nitrogens with zero attached hydrogens (tertiary/aromatic N) is 5. The molecule has 0 bridgehead atoms. The maximum atomic E-state index is 13.1. The Bertz CT molecular complexity index is 999. The number of hydrogen-bond acceptors (Lipinski definition) is 5. The molecule has 0 unspecified atom stereocenters. The van der Waals surface area contributed by atoms with Crippen molar-refractivity contribution in [3.05, 3.63) is 48.2 Å². The topological polar surface area (TPSA) is 88.9 Å². The highest BCUT2D eigenvalue weighted by Crippen LogP contribution is 2.35. The molecule has 0 radical (unpaired) electrons. The lowest BCUT2D eigenvalue weighted by atomic mass is 9.83. The fraction of sp³-hybridized carbons (Fsp3) is 0.455. The van der Waals surface area contributed by atoms with E-state index in [9.17, 15) is 4.79 Å². The molecule has 4 heterocycles. The zero-order valence-electron chi connectivity index (χ0n) is 17.1. The molecule has 156 valence electrons. The molecule has 8 heteroatoms. The summed E-state index contributed by atoms with van der Waals surface area (Å²) in [6, 6.07) is 5.91. The van der Waals surface area contributed by atoms with E-state index in [0.717, 1.165) is 29.9 Å². The first kappa shape index (κ1) is 19.0. The number of methoxy groups -OCH3 is 1. The van der Waals surface area contributed by atoms with Crippen LogP contribution in [0.25, 0.3) is 17.2 Å². The third-order valence-electron chi connectivity index (χ3n) is 6.27. The third kappa shape index (κ3) is 3.52. The fourth-order valence-corrected chi connectivity index (χ4v) is 4.18. The summed E-state index contributed by atoms with van der Waals surface area (Å²) in [7, 11) is 1.73. The molecule has 2 fully saturated rings. The van der Waals surface area contributed by atoms with Crippen molar-refractivity contribution in [2.45, 2.75) is 44.1 Å². The van der Waals surface area contributed by atoms with Crippen LogP contribution in [0.3, 0.4) is 0 Å². The number of aromatic amines is 1. The van der Waals surface area contributed by atoms with E-state index in [2.05, 4.69) is 26.1 Å². The minimum absolute atomic E-state index is 0.0600. The summed E-state index contributed by atoms with van der Waals surface area (Å²) >= 11 is 0. The van der Waals surface area contributed by atoms with Crippen LogP contribution in [-0.4, -0.2) is 61.8 Å². The van der Waals surface area contributed by atoms with Gasteiger partial charge in [-0.25, -0.2) is 9.67 Å². The second-order valence-corrected chi connectivity index (χ2v) is 8.06. The number of piperidine rings is 1. The first-order chi connectivity index (χ1) is 14.7. The number of rotatable bonds is 5. The van der Waals surface area contributed by atoms with Crippen molar-refractivity contribution in [1.29, 1.82) is 0 Å². The molecule has 3 aromatic rings. The number of aromatic nitrogens is 5. The quantitative estimate of drug-likeness (QED) is 0.703. The summed E-state index contributed by atoms with van der Waals surface area (Å²) in [4.78, 5) is 27.1. The smallest absolute Gasteiger partial charge is 0.274 e. The zero-order chi connectivity index (χ0) is 20.5. The van der Waals surface area contributed by atoms with Gasteiger partial charge < -0.3 is 14.6 Å². The largest absolute Gasteiger partial charge is 0.381 e. The molecular weight excluding hydrogens is 380 g/mol. The van der Waals surface area contributed by atoms with Crippen LogP contribution in [0.4, 0.5) is 0 Å². The SMILES string of the molecule is COC1CCN(C(=O)c2cc(-c3ncc[nH]3)n(-c3ccc(C4CCC4)nc3)n2)CC1. The van der Waals surface area contributed by atoms with Crippen LogP contribution in [0.5, 0.6) is 0 Å². The molecule has 1 aliphatic carbocycles. The van der Waals surface area contributed by atoms with Gasteiger partial charge in [0.1, 0.15) is 5.69 Å². The average Bonchev–Trinajstić information content (AvgIpc) is 3.42. The Morgan fingerprint density at radius 3 is 2.60 bits per heavy atom. The number of likely N-dealkylation sites (tertiary alicyclic amines) is 1. The number of amides is 1. The fourth-order valence-electron chi connectivity index (χ4n) is 4.18. The van der Waals surface area contributed by atoms with E-state index in [1.807, 2.05) is 23.2 Å². The average molecular weight is 406 g/mol. The lowest BCUT2D eigenvalue weighted by molar-refractivity contribution is 0.0347. The highest BCUT2D eigenvalue weighted by Gasteiger charge is 2.27. The number of nitrogens with one attached hydrogen (secondary N) is 1. The molecule has 5 rings (SSSR count). The molecule has 0 spiro atoms. The number of imidazole rings is 1. The van der Waals surface area contributed by atoms with Crippen molar-refractivity contribution >= 4 is 5.91 Å². The Hall–Kier alpha value is -3.00. The predicted molar refractivity (Wildman–Crippen MR) is 111 cm³/mol. The van der Waals surface area contributed by atoms with E-state index < -0.39 is 0 Å². The highest BCUT2D eigenvalue weighted by atomic mass is 16.5. The van der Waals surface area contributed by atoms with E-state index in [1.54, 1.807) is 24.2 Å². The van der Waals surface area contributed by atoms with Crippen molar-refractivity contribution in [2.24, 2.45) is 0 Å². The highest BCUT2D eigenvalue weighted by molar-refractivity contribution is 5.93. The van der Waals surface area contributed by atoms with Crippen LogP contribution in [0.1, 0.15) is 54.2 Å². The second kappa shape index (κ2) is 8.02. The van der Waals surface area contributed by atoms with Crippen molar-refractivity contribution in [3.8, 4) is 17.2 Å². The van der Waals surface area contributed by atoms with Gasteiger partial charge in [0.15, 0.2) is 11.5 Å². The molecular formula is C22H26N6O2. The molecule has 1 aliphatic heterocycles. The van der Waals surface area contributed by atoms with Crippen molar-refractivity contribution < 1.29 is 9.53 Å². The van der Waals surface area contributed by atoms with Gasteiger partial charge in [-0.05, 0) is 37.8 Å². The Morgan fingerprint density at radius 1 is 1.17 bits per heavy atom. The number of pyridine rings is 1. The van der Waals surface area contributed by atoms with Crippen LogP contribution in [-0.2, 0) is 4.74 Å². The molecule has 1 saturated carbocycles. The van der Waals surface area contributed by atoms with Crippen molar-refractivity contribution in [3.63, 3.8) is 0 Å². The predicted octanol–water partition coefficient (Wildman–Crippen LogP) is 3.18. The van der Waals surface area contributed by atoms with E-state index in [0.29, 0.717) is 30.5 Å². The molecule has 1 N–H and O–H groups in total. The van der Waals surface area contributed by atoms with Gasteiger partial charge in [-0.3, -0.25) is 9.78 Å². The summed E-state index contributed by atoms with van der Waals surface area (Å²) in [5.74, 6) is 1.19. The molecule has 2 aliphatic rings. The maximum absolute atomic E-state index is 13.1. The van der Waals surface area contributed by atoms with Crippen LogP contribution in [0.2, 0.25) is 0 Å². The lowest BCUT2D eigenvalue weighted by Gasteiger charge is -2.30. The summed E-state index contributed by atoms with van der Waals surface area (Å²) in [5, 5.41) is 4.65. The Balaban J connectivity index is 1.45. The summed E-state index contributed by atoms with van der Waals surface area (Å²) in [5.41, 5.74) is 3.12. The van der Waals surface area contributed by atoms with Gasteiger partial charge in [-0.2, -0.15) is 5.10 Å². The number of ether oxygens (including phenoxy) is 1. The summed E-state index contributed by atoms with van der Waals surface area (Å²) in [6.45, 7) is 1.36. The van der Waals surface area contributed by atoms with E-state index in [4.69, 9.17) is 4.74 Å². The molecule has 1 amide bonds. The summed E-state index contributed by atoms with van der Waals surface area (Å²) in [6.07, 6.45) is 10.9. The molecule has 3 aromatic heterocycles. The number of carbonyl (C=O) groups excluding carboxylic acids is 1. The Labute approximate surface area is 175 Å². The van der Waals surface area contributed by atoms with Crippen molar-refractivity contribution in [2.75, 3.05) is 20.2 Å². The standard InChI is InChI=1S/C22H26N6O2/c1-30-17-7-11-27(12-8-17)22(29)19-13-20(21-23-9-10-24-21)28(26-19)16-5-6-18(25-14-16)15-3-2-4-15/h5-6,9-10,13-15,17H,2-4,7-8,11-12H2,1H3,(H,23,24). The van der Waals surface area contributed by atoms with Gasteiger partial charge in [0.2, 0.25) is 0 Å². The van der Waals surface area contributed by atoms with E-state index >= 15 is 0 Å². The monoisotopic (exact) mass is 406 g/mol. The second-order valence-electron chi connectivity index (χ2n) is 8.06. The molecule has 30 heavy (non-hydrogen) atoms. The lowest BCUT2D eigenvalue weighted by Crippen LogP contribution is -2.40. The van der Waals surface area contributed by atoms with Crippen molar-refractivity contribution in [1.82, 2.24) is 29.6 Å². The van der Waals surface area contributed by atoms with Gasteiger partial charge in [0.25, 0.3) is 5.91 Å². The van der Waals surface area contributed by atoms with Gasteiger partial charge in [0.05, 0.1) is 18.0 Å².